The molecule has 2 bridgehead atoms. The van der Waals surface area contributed by atoms with Gasteiger partial charge in [-0.2, -0.15) is 8.61 Å². The van der Waals surface area contributed by atoms with E-state index in [4.69, 9.17) is 0 Å². The number of ketones is 1. The van der Waals surface area contributed by atoms with Crippen molar-refractivity contribution in [3.8, 4) is 0 Å². The van der Waals surface area contributed by atoms with Crippen LogP contribution in [0.4, 0.5) is 0 Å². The zero-order valence-corrected chi connectivity index (χ0v) is 19.2. The topological polar surface area (TPSA) is 91.8 Å². The molecule has 1 aliphatic heterocycles. The van der Waals surface area contributed by atoms with Gasteiger partial charge >= 0.3 is 0 Å². The Hall–Kier alpha value is -1.29. The van der Waals surface area contributed by atoms with Crippen LogP contribution in [0.25, 0.3) is 0 Å². The molecule has 166 valence electrons. The Morgan fingerprint density at radius 1 is 0.933 bits per heavy atom. The number of benzene rings is 1. The van der Waals surface area contributed by atoms with Gasteiger partial charge in [0.05, 0.1) is 11.5 Å². The van der Waals surface area contributed by atoms with Crippen LogP contribution in [0, 0.1) is 16.7 Å². The third-order valence-corrected chi connectivity index (χ3v) is 11.6. The molecule has 1 aromatic carbocycles. The van der Waals surface area contributed by atoms with Crippen LogP contribution in [0.2, 0.25) is 0 Å². The number of hydrogen-bond donors (Lipinski definition) is 0. The molecule has 0 aromatic heterocycles. The summed E-state index contributed by atoms with van der Waals surface area (Å²) in [6.45, 7) is 4.59. The molecule has 4 rings (SSSR count). The Kier molecular flexibility index (Phi) is 5.40. The largest absolute Gasteiger partial charge is 0.299 e. The van der Waals surface area contributed by atoms with E-state index in [1.54, 1.807) is 24.3 Å². The molecule has 2 atom stereocenters. The van der Waals surface area contributed by atoms with Crippen LogP contribution < -0.4 is 0 Å². The van der Waals surface area contributed by atoms with E-state index in [1.165, 1.54) is 8.61 Å². The number of nitrogens with zero attached hydrogens (tertiary/aromatic N) is 2. The van der Waals surface area contributed by atoms with Gasteiger partial charge in [-0.3, -0.25) is 4.79 Å². The van der Waals surface area contributed by atoms with Gasteiger partial charge in [-0.15, -0.1) is 0 Å². The Balaban J connectivity index is 1.43. The molecule has 1 saturated heterocycles. The first kappa shape index (κ1) is 21.9. The fraction of sp³-hybridized carbons (Fsp3) is 0.667. The predicted molar refractivity (Wildman–Crippen MR) is 115 cm³/mol. The van der Waals surface area contributed by atoms with Gasteiger partial charge in [0.25, 0.3) is 0 Å². The number of rotatable bonds is 6. The van der Waals surface area contributed by atoms with Crippen LogP contribution in [-0.4, -0.2) is 63.2 Å². The van der Waals surface area contributed by atoms with E-state index < -0.39 is 25.5 Å². The van der Waals surface area contributed by atoms with Gasteiger partial charge in [-0.1, -0.05) is 44.2 Å². The molecule has 2 unspecified atom stereocenters. The number of carbonyl (C=O) groups excluding carboxylic acids is 1. The minimum atomic E-state index is -3.65. The lowest BCUT2D eigenvalue weighted by Gasteiger charge is -2.39. The molecule has 0 spiro atoms. The second-order valence-corrected chi connectivity index (χ2v) is 13.4. The van der Waals surface area contributed by atoms with Crippen LogP contribution in [0.3, 0.4) is 0 Å². The highest BCUT2D eigenvalue weighted by Gasteiger charge is 2.65. The lowest BCUT2D eigenvalue weighted by atomic mass is 9.70. The summed E-state index contributed by atoms with van der Waals surface area (Å²) in [7, 11) is -7.16. The maximum absolute atomic E-state index is 13.2. The fourth-order valence-electron chi connectivity index (χ4n) is 5.61. The summed E-state index contributed by atoms with van der Waals surface area (Å²) in [5, 5.41) is 0. The van der Waals surface area contributed by atoms with E-state index in [9.17, 15) is 21.6 Å². The molecule has 30 heavy (non-hydrogen) atoms. The number of hydrogen-bond acceptors (Lipinski definition) is 5. The molecular formula is C21H30N2O5S2. The van der Waals surface area contributed by atoms with Crippen LogP contribution in [0.5, 0.6) is 0 Å². The highest BCUT2D eigenvalue weighted by Crippen LogP contribution is 2.64. The first-order chi connectivity index (χ1) is 14.0. The minimum Gasteiger partial charge on any atom is -0.299 e. The monoisotopic (exact) mass is 454 g/mol. The van der Waals surface area contributed by atoms with Crippen molar-refractivity contribution in [2.45, 2.75) is 38.9 Å². The molecule has 9 heteroatoms. The Morgan fingerprint density at radius 3 is 2.00 bits per heavy atom. The van der Waals surface area contributed by atoms with Crippen LogP contribution in [0.1, 0.15) is 38.7 Å². The van der Waals surface area contributed by atoms with Crippen molar-refractivity contribution in [3.05, 3.63) is 35.9 Å². The molecule has 0 N–H and O–H groups in total. The van der Waals surface area contributed by atoms with Crippen molar-refractivity contribution in [2.24, 2.45) is 16.7 Å². The average Bonchev–Trinajstić information content (AvgIpc) is 3.02. The van der Waals surface area contributed by atoms with Gasteiger partial charge < -0.3 is 0 Å². The molecular weight excluding hydrogens is 424 g/mol. The maximum Gasteiger partial charge on any atom is 0.218 e. The standard InChI is InChI=1S/C21H30N2O5S2/c1-20(2)18-8-9-21(20,19(24)14-18)16-30(27,28)23-12-10-22(11-13-23)29(25,26)15-17-6-4-3-5-7-17/h3-7,18H,8-16H2,1-2H3. The Morgan fingerprint density at radius 2 is 1.50 bits per heavy atom. The lowest BCUT2D eigenvalue weighted by molar-refractivity contribution is -0.128. The van der Waals surface area contributed by atoms with Gasteiger partial charge in [0.15, 0.2) is 0 Å². The first-order valence-corrected chi connectivity index (χ1v) is 13.7. The molecule has 1 aromatic rings. The molecule has 3 fully saturated rings. The van der Waals surface area contributed by atoms with Gasteiger partial charge in [0, 0.05) is 38.0 Å². The van der Waals surface area contributed by atoms with E-state index >= 15 is 0 Å². The third-order valence-electron chi connectivity index (χ3n) is 7.74. The summed E-state index contributed by atoms with van der Waals surface area (Å²) in [6, 6.07) is 8.98. The molecule has 3 aliphatic rings. The Bertz CT molecular complexity index is 1030. The molecule has 2 aliphatic carbocycles. The van der Waals surface area contributed by atoms with Crippen LogP contribution in [0.15, 0.2) is 30.3 Å². The van der Waals surface area contributed by atoms with Crippen molar-refractivity contribution in [1.29, 1.82) is 0 Å². The second kappa shape index (κ2) is 7.39. The summed E-state index contributed by atoms with van der Waals surface area (Å²) in [4.78, 5) is 12.7. The maximum atomic E-state index is 13.2. The van der Waals surface area contributed by atoms with E-state index in [1.807, 2.05) is 19.9 Å². The zero-order chi connectivity index (χ0) is 21.8. The van der Waals surface area contributed by atoms with E-state index in [0.29, 0.717) is 18.4 Å². The second-order valence-electron chi connectivity index (χ2n) is 9.46. The molecule has 0 radical (unpaired) electrons. The number of Topliss-reactive ketones (excluding diaryl/α,β-unsaturated/α-hetero) is 1. The van der Waals surface area contributed by atoms with Crippen LogP contribution >= 0.6 is 0 Å². The van der Waals surface area contributed by atoms with Crippen molar-refractivity contribution >= 4 is 25.8 Å². The number of piperazine rings is 1. The average molecular weight is 455 g/mol. The van der Waals surface area contributed by atoms with E-state index in [-0.39, 0.29) is 54.8 Å². The van der Waals surface area contributed by atoms with E-state index in [2.05, 4.69) is 0 Å². The van der Waals surface area contributed by atoms with Gasteiger partial charge in [-0.05, 0) is 29.7 Å². The summed E-state index contributed by atoms with van der Waals surface area (Å²) in [6.07, 6.45) is 2.02. The van der Waals surface area contributed by atoms with Crippen molar-refractivity contribution in [1.82, 2.24) is 8.61 Å². The number of fused-ring (bicyclic) bond motifs is 2. The van der Waals surface area contributed by atoms with Crippen LogP contribution in [-0.2, 0) is 30.6 Å². The lowest BCUT2D eigenvalue weighted by Crippen LogP contribution is -2.53. The van der Waals surface area contributed by atoms with Gasteiger partial charge in [0.2, 0.25) is 20.0 Å². The quantitative estimate of drug-likeness (QED) is 0.654. The molecule has 1 heterocycles. The number of sulfonamides is 2. The fourth-order valence-corrected chi connectivity index (χ4v) is 9.33. The predicted octanol–water partition coefficient (Wildman–Crippen LogP) is 1.86. The zero-order valence-electron chi connectivity index (χ0n) is 17.6. The molecule has 0 amide bonds. The SMILES string of the molecule is CC1(C)C2CCC1(CS(=O)(=O)N1CCN(S(=O)(=O)Cc3ccccc3)CC1)C(=O)C2. The Labute approximate surface area is 179 Å². The van der Waals surface area contributed by atoms with Gasteiger partial charge in [-0.25, -0.2) is 16.8 Å². The highest BCUT2D eigenvalue weighted by molar-refractivity contribution is 7.89. The van der Waals surface area contributed by atoms with Crippen molar-refractivity contribution in [2.75, 3.05) is 31.9 Å². The summed E-state index contributed by atoms with van der Waals surface area (Å²) in [5.41, 5.74) is -0.394. The van der Waals surface area contributed by atoms with Crippen molar-refractivity contribution < 1.29 is 21.6 Å². The summed E-state index contributed by atoms with van der Waals surface area (Å²) < 4.78 is 54.6. The first-order valence-electron chi connectivity index (χ1n) is 10.5. The normalized spacial score (nSPS) is 30.1. The summed E-state index contributed by atoms with van der Waals surface area (Å²) >= 11 is 0. The molecule has 7 nitrogen and oxygen atoms in total. The van der Waals surface area contributed by atoms with Gasteiger partial charge in [0.1, 0.15) is 5.78 Å². The number of carbonyl (C=O) groups is 1. The summed E-state index contributed by atoms with van der Waals surface area (Å²) in [5.74, 6) is 0.101. The third kappa shape index (κ3) is 3.53. The highest BCUT2D eigenvalue weighted by atomic mass is 32.2. The van der Waals surface area contributed by atoms with Crippen molar-refractivity contribution in [3.63, 3.8) is 0 Å². The smallest absolute Gasteiger partial charge is 0.218 e. The van der Waals surface area contributed by atoms with E-state index in [0.717, 1.165) is 6.42 Å². The molecule has 2 saturated carbocycles. The minimum absolute atomic E-state index is 0.0800.